The number of carbonyl (C=O) groups excluding carboxylic acids is 2. The minimum atomic E-state index is -0.246. The molecule has 0 atom stereocenters. The van der Waals surface area contributed by atoms with Gasteiger partial charge in [0.2, 0.25) is 0 Å². The van der Waals surface area contributed by atoms with E-state index in [-0.39, 0.29) is 11.8 Å². The van der Waals surface area contributed by atoms with E-state index in [9.17, 15) is 9.59 Å². The lowest BCUT2D eigenvalue weighted by atomic mass is 9.88. The topological polar surface area (TPSA) is 71.1 Å². The van der Waals surface area contributed by atoms with Crippen LogP contribution in [0.5, 0.6) is 0 Å². The number of hydrogen-bond acceptors (Lipinski definition) is 4. The van der Waals surface area contributed by atoms with Crippen molar-refractivity contribution >= 4 is 34.5 Å². The van der Waals surface area contributed by atoms with Gasteiger partial charge >= 0.3 is 0 Å². The average molecular weight is 406 g/mol. The normalized spacial score (nSPS) is 14.3. The molecule has 2 N–H and O–H groups in total. The maximum absolute atomic E-state index is 12.8. The molecule has 1 fully saturated rings. The minimum absolute atomic E-state index is 0.158. The summed E-state index contributed by atoms with van der Waals surface area (Å²) < 4.78 is 0. The van der Waals surface area contributed by atoms with E-state index < -0.39 is 0 Å². The molecule has 2 amide bonds. The lowest BCUT2D eigenvalue weighted by Crippen LogP contribution is -2.16. The van der Waals surface area contributed by atoms with Crippen molar-refractivity contribution in [3.63, 3.8) is 0 Å². The van der Waals surface area contributed by atoms with Crippen LogP contribution in [0.15, 0.2) is 60.2 Å². The van der Waals surface area contributed by atoms with E-state index in [1.807, 2.05) is 23.6 Å². The highest BCUT2D eigenvalue weighted by molar-refractivity contribution is 7.10. The fourth-order valence-electron chi connectivity index (χ4n) is 3.67. The maximum Gasteiger partial charge on any atom is 0.256 e. The number of amides is 2. The van der Waals surface area contributed by atoms with Crippen LogP contribution in [0, 0.1) is 0 Å². The highest BCUT2D eigenvalue weighted by atomic mass is 32.1. The van der Waals surface area contributed by atoms with Crippen molar-refractivity contribution in [2.75, 3.05) is 10.6 Å². The van der Waals surface area contributed by atoms with Gasteiger partial charge in [0.15, 0.2) is 0 Å². The third kappa shape index (κ3) is 4.71. The first kappa shape index (κ1) is 19.3. The lowest BCUT2D eigenvalue weighted by molar-refractivity contribution is 0.101. The van der Waals surface area contributed by atoms with E-state index >= 15 is 0 Å². The molecule has 2 aromatic heterocycles. The number of benzene rings is 1. The van der Waals surface area contributed by atoms with Crippen molar-refractivity contribution in [2.45, 2.75) is 38.0 Å². The largest absolute Gasteiger partial charge is 0.320 e. The van der Waals surface area contributed by atoms with E-state index in [1.165, 1.54) is 37.0 Å². The van der Waals surface area contributed by atoms with Crippen LogP contribution >= 0.6 is 11.3 Å². The van der Waals surface area contributed by atoms with Crippen molar-refractivity contribution in [3.05, 3.63) is 76.2 Å². The Hall–Kier alpha value is -2.99. The molecule has 0 saturated heterocycles. The molecule has 3 aromatic rings. The fraction of sp³-hybridized carbons (Fsp3) is 0.261. The Kier molecular flexibility index (Phi) is 6.00. The summed E-state index contributed by atoms with van der Waals surface area (Å²) in [6, 6.07) is 12.5. The predicted octanol–water partition coefficient (Wildman–Crippen LogP) is 5.70. The molecule has 29 heavy (non-hydrogen) atoms. The van der Waals surface area contributed by atoms with Gasteiger partial charge in [-0.1, -0.05) is 31.4 Å². The Morgan fingerprint density at radius 1 is 0.862 bits per heavy atom. The van der Waals surface area contributed by atoms with E-state index in [4.69, 9.17) is 0 Å². The minimum Gasteiger partial charge on any atom is -0.320 e. The van der Waals surface area contributed by atoms with Crippen LogP contribution in [0.25, 0.3) is 0 Å². The van der Waals surface area contributed by atoms with Crippen LogP contribution in [0.2, 0.25) is 0 Å². The lowest BCUT2D eigenvalue weighted by Gasteiger charge is -2.19. The molecule has 0 bridgehead atoms. The first-order valence-corrected chi connectivity index (χ1v) is 10.8. The average Bonchev–Trinajstić information content (AvgIpc) is 3.27. The van der Waals surface area contributed by atoms with Crippen LogP contribution in [0.1, 0.15) is 63.6 Å². The third-order valence-corrected chi connectivity index (χ3v) is 6.35. The molecule has 5 nitrogen and oxygen atoms in total. The van der Waals surface area contributed by atoms with Crippen LogP contribution in [-0.4, -0.2) is 16.8 Å². The number of para-hydroxylation sites is 2. The standard InChI is InChI=1S/C23H23N3O2S/c27-22(17-10-12-24-13-11-17)25-19-8-4-5-9-20(19)26-23(28)18-14-21(29-15-18)16-6-2-1-3-7-16/h4-5,8-16H,1-3,6-7H2,(H,25,27)(H,26,28). The summed E-state index contributed by atoms with van der Waals surface area (Å²) >= 11 is 1.67. The Balaban J connectivity index is 1.46. The second-order valence-corrected chi connectivity index (χ2v) is 8.21. The molecule has 4 rings (SSSR count). The van der Waals surface area contributed by atoms with Gasteiger partial charge < -0.3 is 10.6 Å². The van der Waals surface area contributed by atoms with E-state index in [0.717, 1.165) is 0 Å². The zero-order valence-corrected chi connectivity index (χ0v) is 16.9. The monoisotopic (exact) mass is 405 g/mol. The summed E-state index contributed by atoms with van der Waals surface area (Å²) in [6.45, 7) is 0. The fourth-order valence-corrected chi connectivity index (χ4v) is 4.73. The molecule has 1 aliphatic rings. The van der Waals surface area contributed by atoms with Gasteiger partial charge in [-0.3, -0.25) is 14.6 Å². The summed E-state index contributed by atoms with van der Waals surface area (Å²) in [5.74, 6) is 0.181. The molecule has 1 aromatic carbocycles. The van der Waals surface area contributed by atoms with Crippen molar-refractivity contribution in [1.29, 1.82) is 0 Å². The second kappa shape index (κ2) is 9.01. The number of carbonyl (C=O) groups is 2. The zero-order chi connectivity index (χ0) is 20.1. The smallest absolute Gasteiger partial charge is 0.256 e. The quantitative estimate of drug-likeness (QED) is 0.572. The first-order chi connectivity index (χ1) is 14.2. The molecule has 0 spiro atoms. The Morgan fingerprint density at radius 3 is 2.14 bits per heavy atom. The van der Waals surface area contributed by atoms with E-state index in [2.05, 4.69) is 15.6 Å². The molecule has 1 aliphatic carbocycles. The zero-order valence-electron chi connectivity index (χ0n) is 16.1. The summed E-state index contributed by atoms with van der Waals surface area (Å²) in [5, 5.41) is 7.73. The molecular formula is C23H23N3O2S. The number of anilines is 2. The third-order valence-electron chi connectivity index (χ3n) is 5.26. The van der Waals surface area contributed by atoms with Crippen LogP contribution in [-0.2, 0) is 0 Å². The van der Waals surface area contributed by atoms with Crippen LogP contribution in [0.3, 0.4) is 0 Å². The Morgan fingerprint density at radius 2 is 1.48 bits per heavy atom. The number of rotatable bonds is 5. The molecule has 6 heteroatoms. The van der Waals surface area contributed by atoms with Gasteiger partial charge in [0.25, 0.3) is 11.8 Å². The van der Waals surface area contributed by atoms with E-state index in [1.54, 1.807) is 48.0 Å². The molecule has 148 valence electrons. The van der Waals surface area contributed by atoms with Crippen molar-refractivity contribution in [2.24, 2.45) is 0 Å². The molecule has 0 unspecified atom stereocenters. The van der Waals surface area contributed by atoms with Crippen molar-refractivity contribution in [1.82, 2.24) is 4.98 Å². The van der Waals surface area contributed by atoms with Gasteiger partial charge in [0, 0.05) is 28.2 Å². The number of nitrogens with one attached hydrogen (secondary N) is 2. The highest BCUT2D eigenvalue weighted by Crippen LogP contribution is 2.36. The van der Waals surface area contributed by atoms with Gasteiger partial charge in [-0.2, -0.15) is 0 Å². The number of nitrogens with zero attached hydrogens (tertiary/aromatic N) is 1. The van der Waals surface area contributed by atoms with Gasteiger partial charge in [0.1, 0.15) is 0 Å². The Bertz CT molecular complexity index is 994. The highest BCUT2D eigenvalue weighted by Gasteiger charge is 2.19. The van der Waals surface area contributed by atoms with Crippen molar-refractivity contribution in [3.8, 4) is 0 Å². The summed E-state index contributed by atoms with van der Waals surface area (Å²) in [6.07, 6.45) is 9.43. The summed E-state index contributed by atoms with van der Waals surface area (Å²) in [7, 11) is 0. The maximum atomic E-state index is 12.8. The molecule has 0 radical (unpaired) electrons. The summed E-state index contributed by atoms with van der Waals surface area (Å²) in [4.78, 5) is 30.5. The van der Waals surface area contributed by atoms with Crippen LogP contribution in [0.4, 0.5) is 11.4 Å². The first-order valence-electron chi connectivity index (χ1n) is 9.91. The second-order valence-electron chi connectivity index (χ2n) is 7.26. The van der Waals surface area contributed by atoms with Gasteiger partial charge in [-0.05, 0) is 49.1 Å². The predicted molar refractivity (Wildman–Crippen MR) is 117 cm³/mol. The molecule has 1 saturated carbocycles. The van der Waals surface area contributed by atoms with Gasteiger partial charge in [0.05, 0.1) is 16.9 Å². The van der Waals surface area contributed by atoms with Gasteiger partial charge in [-0.25, -0.2) is 0 Å². The number of aromatic nitrogens is 1. The number of pyridine rings is 1. The summed E-state index contributed by atoms with van der Waals surface area (Å²) in [5.41, 5.74) is 2.32. The number of hydrogen-bond donors (Lipinski definition) is 2. The Labute approximate surface area is 174 Å². The van der Waals surface area contributed by atoms with E-state index in [0.29, 0.717) is 28.4 Å². The van der Waals surface area contributed by atoms with Crippen molar-refractivity contribution < 1.29 is 9.59 Å². The molecule has 2 heterocycles. The number of thiophene rings is 1. The van der Waals surface area contributed by atoms with Gasteiger partial charge in [-0.15, -0.1) is 11.3 Å². The molecule has 0 aliphatic heterocycles. The molecular weight excluding hydrogens is 382 g/mol. The SMILES string of the molecule is O=C(Nc1ccccc1NC(=O)c1csc(C2CCCCC2)c1)c1ccncc1. The van der Waals surface area contributed by atoms with Crippen LogP contribution < -0.4 is 10.6 Å².